The Morgan fingerprint density at radius 1 is 0.836 bits per heavy atom. The molecular formula is C57H54N4. The first-order valence-corrected chi connectivity index (χ1v) is 20.8. The lowest BCUT2D eigenvalue weighted by Gasteiger charge is -2.36. The summed E-state index contributed by atoms with van der Waals surface area (Å²) in [7, 11) is 1.89. The number of hydrazine groups is 1. The Bertz CT molecular complexity index is 2590. The second-order valence-electron chi connectivity index (χ2n) is 14.4. The Labute approximate surface area is 363 Å². The van der Waals surface area contributed by atoms with E-state index in [1.165, 1.54) is 27.8 Å². The van der Waals surface area contributed by atoms with E-state index in [1.807, 2.05) is 113 Å². The standard InChI is InChI=1S/C48H38N4.C7H10.C2H6/c1-50-45(34-15-6-3-7-16-34)33-47(49,37-19-10-5-11-20-37)38-29-31-40(32-30-38)48(43-23-13-12-21-41(43)42-22-14-24-44(42)48)39-27-25-36(26-28-39)46(52-51-2)35-17-8-4-9-18-35;1-3-5-7-6-4-2;1-2/h3,6-8,10-13,15-19,21-33,46,51-52H,1,20,49H2,2H3;3-7H,1H2,2H3;1-2H3/b45-33-;6-4?,7-5-;. The quantitative estimate of drug-likeness (QED) is 0.0481. The average Bonchev–Trinajstić information content (AvgIpc) is 3.93. The minimum Gasteiger partial charge on any atom is -0.315 e. The molecule has 8 rings (SSSR count). The summed E-state index contributed by atoms with van der Waals surface area (Å²) in [6, 6.07) is 48.7. The Morgan fingerprint density at radius 3 is 2.20 bits per heavy atom. The molecule has 3 unspecified atom stereocenters. The van der Waals surface area contributed by atoms with Crippen LogP contribution < -0.4 is 16.6 Å². The van der Waals surface area contributed by atoms with Gasteiger partial charge in [0.15, 0.2) is 0 Å². The van der Waals surface area contributed by atoms with Gasteiger partial charge >= 0.3 is 0 Å². The number of nitrogens with zero attached hydrogens (tertiary/aromatic N) is 1. The van der Waals surface area contributed by atoms with Crippen LogP contribution in [0.5, 0.6) is 0 Å². The lowest BCUT2D eigenvalue weighted by atomic mass is 9.66. The molecule has 0 spiro atoms. The van der Waals surface area contributed by atoms with E-state index in [2.05, 4.69) is 150 Å². The van der Waals surface area contributed by atoms with Gasteiger partial charge in [-0.05, 0) is 137 Å². The first-order chi connectivity index (χ1) is 30.0. The number of fused-ring (bicyclic) bond motifs is 2. The fourth-order valence-electron chi connectivity index (χ4n) is 8.26. The van der Waals surface area contributed by atoms with Gasteiger partial charge in [0.1, 0.15) is 0 Å². The van der Waals surface area contributed by atoms with E-state index in [4.69, 9.17) is 5.73 Å². The van der Waals surface area contributed by atoms with E-state index in [-0.39, 0.29) is 6.04 Å². The first-order valence-electron chi connectivity index (χ1n) is 20.8. The van der Waals surface area contributed by atoms with Crippen molar-refractivity contribution in [2.24, 2.45) is 10.7 Å². The van der Waals surface area contributed by atoms with Crippen LogP contribution in [-0.4, -0.2) is 13.8 Å². The third-order valence-electron chi connectivity index (χ3n) is 11.1. The second-order valence-corrected chi connectivity index (χ2v) is 14.4. The number of allylic oxidation sites excluding steroid dienone is 10. The van der Waals surface area contributed by atoms with E-state index in [0.29, 0.717) is 6.42 Å². The third kappa shape index (κ3) is 8.95. The molecule has 4 nitrogen and oxygen atoms in total. The van der Waals surface area contributed by atoms with Crippen LogP contribution >= 0.6 is 0 Å². The molecule has 3 aliphatic carbocycles. The molecular weight excluding hydrogens is 741 g/mol. The molecule has 3 atom stereocenters. The summed E-state index contributed by atoms with van der Waals surface area (Å²) in [5.41, 5.74) is 32.4. The zero-order valence-corrected chi connectivity index (χ0v) is 35.6. The van der Waals surface area contributed by atoms with Gasteiger partial charge in [0, 0.05) is 0 Å². The topological polar surface area (TPSA) is 62.4 Å². The summed E-state index contributed by atoms with van der Waals surface area (Å²) in [6.07, 6.45) is 22.5. The Hall–Kier alpha value is -7.05. The van der Waals surface area contributed by atoms with Crippen molar-refractivity contribution in [3.8, 4) is 0 Å². The van der Waals surface area contributed by atoms with E-state index in [0.717, 1.165) is 39.1 Å². The zero-order valence-electron chi connectivity index (χ0n) is 35.6. The van der Waals surface area contributed by atoms with Crippen molar-refractivity contribution in [2.75, 3.05) is 7.05 Å². The highest BCUT2D eigenvalue weighted by atomic mass is 15.3. The van der Waals surface area contributed by atoms with Crippen LogP contribution in [0.15, 0.2) is 222 Å². The van der Waals surface area contributed by atoms with Crippen LogP contribution in [0.25, 0.3) is 11.3 Å². The van der Waals surface area contributed by atoms with Gasteiger partial charge in [0.25, 0.3) is 0 Å². The van der Waals surface area contributed by atoms with Crippen LogP contribution in [0.2, 0.25) is 0 Å². The number of benzene rings is 4. The summed E-state index contributed by atoms with van der Waals surface area (Å²) in [6.45, 7) is 13.4. The van der Waals surface area contributed by atoms with Gasteiger partial charge < -0.3 is 5.73 Å². The molecule has 5 aromatic carbocycles. The molecule has 5 aromatic rings. The van der Waals surface area contributed by atoms with Gasteiger partial charge in [0.2, 0.25) is 0 Å². The predicted molar refractivity (Wildman–Crippen MR) is 258 cm³/mol. The lowest BCUT2D eigenvalue weighted by Crippen LogP contribution is -2.37. The number of hydrogen-bond acceptors (Lipinski definition) is 4. The zero-order chi connectivity index (χ0) is 43.1. The minimum atomic E-state index is -0.941. The SMILES string of the molecule is C=C/C=C\C=CC.C=N/C(=C\C(N)(C1=CC=C=CC1)c1ccc(C2(c3ccc(C(NNC)c4cc#ccc4)cc3)C3=C(C=C=C3)c3ccccc32)cc1)c1ccccc1.CC. The fourth-order valence-corrected chi connectivity index (χ4v) is 8.26. The highest BCUT2D eigenvalue weighted by molar-refractivity contribution is 5.93. The monoisotopic (exact) mass is 794 g/mol. The van der Waals surface area contributed by atoms with Crippen LogP contribution in [-0.2, 0) is 11.0 Å². The average molecular weight is 795 g/mol. The van der Waals surface area contributed by atoms with Crippen LogP contribution in [0.1, 0.15) is 77.7 Å². The number of hydrogen-bond donors (Lipinski definition) is 3. The van der Waals surface area contributed by atoms with E-state index >= 15 is 0 Å². The predicted octanol–water partition coefficient (Wildman–Crippen LogP) is 12.2. The van der Waals surface area contributed by atoms with Gasteiger partial charge in [-0.25, -0.2) is 5.43 Å². The molecule has 0 amide bonds. The van der Waals surface area contributed by atoms with Gasteiger partial charge in [-0.3, -0.25) is 10.4 Å². The highest BCUT2D eigenvalue weighted by Gasteiger charge is 2.47. The molecule has 0 radical (unpaired) electrons. The molecule has 0 aromatic heterocycles. The molecule has 0 saturated carbocycles. The molecule has 61 heavy (non-hydrogen) atoms. The Morgan fingerprint density at radius 2 is 1.56 bits per heavy atom. The molecule has 0 aliphatic heterocycles. The molecule has 0 fully saturated rings. The van der Waals surface area contributed by atoms with E-state index < -0.39 is 11.0 Å². The van der Waals surface area contributed by atoms with Gasteiger partial charge in [-0.2, -0.15) is 0 Å². The highest BCUT2D eigenvalue weighted by Crippen LogP contribution is 2.56. The number of nitrogens with two attached hydrogens (primary N) is 1. The molecule has 3 aliphatic rings. The molecule has 302 valence electrons. The lowest BCUT2D eigenvalue weighted by molar-refractivity contribution is 0.529. The van der Waals surface area contributed by atoms with Crippen LogP contribution in [0, 0.1) is 12.1 Å². The Kier molecular flexibility index (Phi) is 14.8. The van der Waals surface area contributed by atoms with Crippen LogP contribution in [0.3, 0.4) is 0 Å². The van der Waals surface area contributed by atoms with Crippen molar-refractivity contribution >= 4 is 18.0 Å². The number of aliphatic imine (C=N–C) groups is 1. The summed E-state index contributed by atoms with van der Waals surface area (Å²) in [5, 5.41) is 0. The normalized spacial score (nSPS) is 17.3. The number of nitrogens with one attached hydrogen (secondary N) is 2. The third-order valence-corrected chi connectivity index (χ3v) is 11.1. The fraction of sp³-hybridized carbons (Fsp3) is 0.140. The van der Waals surface area contributed by atoms with E-state index in [9.17, 15) is 0 Å². The van der Waals surface area contributed by atoms with Crippen molar-refractivity contribution in [3.63, 3.8) is 0 Å². The first kappa shape index (κ1) is 43.5. The smallest absolute Gasteiger partial charge is 0.0842 e. The summed E-state index contributed by atoms with van der Waals surface area (Å²) in [4.78, 5) is 4.44. The van der Waals surface area contributed by atoms with Crippen molar-refractivity contribution < 1.29 is 0 Å². The maximum atomic E-state index is 7.49. The maximum Gasteiger partial charge on any atom is 0.0842 e. The van der Waals surface area contributed by atoms with Crippen LogP contribution in [0.4, 0.5) is 0 Å². The van der Waals surface area contributed by atoms with Gasteiger partial charge in [-0.15, -0.1) is 11.5 Å². The molecule has 0 heterocycles. The molecule has 4 heteroatoms. The van der Waals surface area contributed by atoms with Gasteiger partial charge in [-0.1, -0.05) is 172 Å². The summed E-state index contributed by atoms with van der Waals surface area (Å²) < 4.78 is 0. The second kappa shape index (κ2) is 20.8. The summed E-state index contributed by atoms with van der Waals surface area (Å²) >= 11 is 0. The molecule has 0 saturated heterocycles. The Balaban J connectivity index is 0.000000630. The molecule has 0 bridgehead atoms. The van der Waals surface area contributed by atoms with Crippen molar-refractivity contribution in [1.82, 2.24) is 10.9 Å². The summed E-state index contributed by atoms with van der Waals surface area (Å²) in [5.74, 6) is 0. The van der Waals surface area contributed by atoms with Gasteiger partial charge in [0.05, 0.1) is 22.7 Å². The maximum absolute atomic E-state index is 7.49. The number of rotatable bonds is 13. The minimum absolute atomic E-state index is 0.0610. The van der Waals surface area contributed by atoms with Crippen molar-refractivity contribution in [2.45, 2.75) is 44.2 Å². The van der Waals surface area contributed by atoms with Crippen molar-refractivity contribution in [1.29, 1.82) is 0 Å². The molecule has 4 N–H and O–H groups in total. The largest absolute Gasteiger partial charge is 0.315 e. The van der Waals surface area contributed by atoms with Crippen molar-refractivity contribution in [3.05, 3.63) is 274 Å². The van der Waals surface area contributed by atoms with E-state index in [1.54, 1.807) is 6.08 Å².